The second-order valence-electron chi connectivity index (χ2n) is 7.04. The largest absolute Gasteiger partial charge is 0.359 e. The Morgan fingerprint density at radius 1 is 1.48 bits per heavy atom. The fourth-order valence-corrected chi connectivity index (χ4v) is 2.88. The van der Waals surface area contributed by atoms with E-state index in [0.717, 1.165) is 19.5 Å². The van der Waals surface area contributed by atoms with E-state index in [9.17, 15) is 9.18 Å². The van der Waals surface area contributed by atoms with Gasteiger partial charge in [-0.2, -0.15) is 0 Å². The molecule has 7 nitrogen and oxygen atoms in total. The maximum Gasteiger partial charge on any atom is 0.227 e. The van der Waals surface area contributed by atoms with Crippen LogP contribution < -0.4 is 20.9 Å². The highest BCUT2D eigenvalue weighted by atomic mass is 127. The molecule has 152 valence electrons. The summed E-state index contributed by atoms with van der Waals surface area (Å²) < 4.78 is 13.9. The SMILES string of the molecule is CCNC(=NCC(C)(C)C(=O)NC)NC1CCN(c2ncccc2F)C1.I. The number of hydrogen-bond donors (Lipinski definition) is 3. The number of hydrogen-bond acceptors (Lipinski definition) is 4. The van der Waals surface area contributed by atoms with Crippen LogP contribution in [0.5, 0.6) is 0 Å². The molecule has 0 bridgehead atoms. The van der Waals surface area contributed by atoms with E-state index in [2.05, 4.69) is 25.9 Å². The summed E-state index contributed by atoms with van der Waals surface area (Å²) in [5.74, 6) is 0.702. The zero-order valence-electron chi connectivity index (χ0n) is 16.4. The van der Waals surface area contributed by atoms with E-state index in [0.29, 0.717) is 24.9 Å². The molecule has 1 fully saturated rings. The van der Waals surface area contributed by atoms with Crippen LogP contribution in [0.1, 0.15) is 27.2 Å². The van der Waals surface area contributed by atoms with E-state index in [1.54, 1.807) is 19.3 Å². The number of nitrogens with one attached hydrogen (secondary N) is 3. The van der Waals surface area contributed by atoms with Crippen LogP contribution in [0.2, 0.25) is 0 Å². The van der Waals surface area contributed by atoms with Crippen molar-refractivity contribution in [3.8, 4) is 0 Å². The first kappa shape index (κ1) is 23.4. The normalized spacial score (nSPS) is 17.3. The van der Waals surface area contributed by atoms with Crippen LogP contribution in [0, 0.1) is 11.2 Å². The number of guanidine groups is 1. The smallest absolute Gasteiger partial charge is 0.227 e. The number of anilines is 1. The van der Waals surface area contributed by atoms with Gasteiger partial charge in [-0.3, -0.25) is 9.79 Å². The summed E-state index contributed by atoms with van der Waals surface area (Å²) in [4.78, 5) is 22.5. The Labute approximate surface area is 177 Å². The average molecular weight is 492 g/mol. The molecule has 1 aromatic rings. The van der Waals surface area contributed by atoms with Gasteiger partial charge in [-0.25, -0.2) is 9.37 Å². The molecule has 0 aliphatic carbocycles. The molecule has 0 radical (unpaired) electrons. The second-order valence-corrected chi connectivity index (χ2v) is 7.04. The molecule has 0 saturated carbocycles. The van der Waals surface area contributed by atoms with Crippen LogP contribution >= 0.6 is 24.0 Å². The van der Waals surface area contributed by atoms with Crippen LogP contribution in [-0.2, 0) is 4.79 Å². The van der Waals surface area contributed by atoms with Gasteiger partial charge in [0, 0.05) is 38.9 Å². The third-order valence-electron chi connectivity index (χ3n) is 4.39. The van der Waals surface area contributed by atoms with E-state index in [-0.39, 0.29) is 41.7 Å². The topological polar surface area (TPSA) is 81.6 Å². The van der Waals surface area contributed by atoms with E-state index >= 15 is 0 Å². The van der Waals surface area contributed by atoms with Crippen molar-refractivity contribution in [1.29, 1.82) is 0 Å². The fourth-order valence-electron chi connectivity index (χ4n) is 2.88. The number of aromatic nitrogens is 1. The minimum Gasteiger partial charge on any atom is -0.359 e. The number of pyridine rings is 1. The Morgan fingerprint density at radius 2 is 2.22 bits per heavy atom. The van der Waals surface area contributed by atoms with Gasteiger partial charge in [0.25, 0.3) is 0 Å². The summed E-state index contributed by atoms with van der Waals surface area (Å²) in [6, 6.07) is 3.15. The zero-order valence-corrected chi connectivity index (χ0v) is 18.7. The third-order valence-corrected chi connectivity index (χ3v) is 4.39. The molecule has 1 aromatic heterocycles. The Hall–Kier alpha value is -1.65. The quantitative estimate of drug-likeness (QED) is 0.320. The molecule has 1 atom stereocenters. The zero-order chi connectivity index (χ0) is 19.2. The van der Waals surface area contributed by atoms with E-state index < -0.39 is 5.41 Å². The molecule has 1 saturated heterocycles. The maximum absolute atomic E-state index is 13.9. The van der Waals surface area contributed by atoms with Crippen LogP contribution in [0.25, 0.3) is 0 Å². The first-order chi connectivity index (χ1) is 12.4. The summed E-state index contributed by atoms with van der Waals surface area (Å²) in [5.41, 5.74) is -0.587. The lowest BCUT2D eigenvalue weighted by molar-refractivity contribution is -0.128. The predicted octanol–water partition coefficient (Wildman–Crippen LogP) is 1.74. The summed E-state index contributed by atoms with van der Waals surface area (Å²) in [5, 5.41) is 9.25. The molecule has 1 aliphatic rings. The van der Waals surface area contributed by atoms with Crippen molar-refractivity contribution in [2.75, 3.05) is 38.1 Å². The molecule has 27 heavy (non-hydrogen) atoms. The van der Waals surface area contributed by atoms with Gasteiger partial charge in [0.2, 0.25) is 5.91 Å². The lowest BCUT2D eigenvalue weighted by atomic mass is 9.93. The molecule has 0 aromatic carbocycles. The molecule has 9 heteroatoms. The van der Waals surface area contributed by atoms with Gasteiger partial charge in [0.05, 0.1) is 12.0 Å². The summed E-state index contributed by atoms with van der Waals surface area (Å²) in [6.45, 7) is 8.18. The molecule has 2 rings (SSSR count). The van der Waals surface area contributed by atoms with Crippen molar-refractivity contribution in [2.45, 2.75) is 33.2 Å². The number of rotatable bonds is 6. The lowest BCUT2D eigenvalue weighted by Crippen LogP contribution is -2.46. The van der Waals surface area contributed by atoms with Gasteiger partial charge in [-0.1, -0.05) is 0 Å². The number of aliphatic imine (C=N–C) groups is 1. The van der Waals surface area contributed by atoms with Crippen LogP contribution in [-0.4, -0.2) is 56.1 Å². The van der Waals surface area contributed by atoms with Crippen molar-refractivity contribution in [2.24, 2.45) is 10.4 Å². The van der Waals surface area contributed by atoms with Gasteiger partial charge in [0.1, 0.15) is 0 Å². The van der Waals surface area contributed by atoms with E-state index in [1.807, 2.05) is 25.7 Å². The average Bonchev–Trinajstić information content (AvgIpc) is 3.08. The first-order valence-corrected chi connectivity index (χ1v) is 9.00. The monoisotopic (exact) mass is 492 g/mol. The highest BCUT2D eigenvalue weighted by Crippen LogP contribution is 2.21. The van der Waals surface area contributed by atoms with Crippen LogP contribution in [0.15, 0.2) is 23.3 Å². The summed E-state index contributed by atoms with van der Waals surface area (Å²) >= 11 is 0. The second kappa shape index (κ2) is 10.6. The van der Waals surface area contributed by atoms with Crippen molar-refractivity contribution in [1.82, 2.24) is 20.9 Å². The highest BCUT2D eigenvalue weighted by Gasteiger charge is 2.28. The summed E-state index contributed by atoms with van der Waals surface area (Å²) in [6.07, 6.45) is 2.46. The van der Waals surface area contributed by atoms with Gasteiger partial charge in [-0.15, -0.1) is 24.0 Å². The van der Waals surface area contributed by atoms with Crippen molar-refractivity contribution in [3.63, 3.8) is 0 Å². The van der Waals surface area contributed by atoms with Crippen molar-refractivity contribution < 1.29 is 9.18 Å². The van der Waals surface area contributed by atoms with Crippen LogP contribution in [0.4, 0.5) is 10.2 Å². The van der Waals surface area contributed by atoms with Gasteiger partial charge in [-0.05, 0) is 39.3 Å². The fraction of sp³-hybridized carbons (Fsp3) is 0.611. The van der Waals surface area contributed by atoms with E-state index in [4.69, 9.17) is 0 Å². The molecule has 1 unspecified atom stereocenters. The lowest BCUT2D eigenvalue weighted by Gasteiger charge is -2.23. The van der Waals surface area contributed by atoms with Crippen molar-refractivity contribution in [3.05, 3.63) is 24.1 Å². The molecule has 3 N–H and O–H groups in total. The molecule has 1 amide bonds. The predicted molar refractivity (Wildman–Crippen MR) is 117 cm³/mol. The molecule has 1 aliphatic heterocycles. The number of carbonyl (C=O) groups excluding carboxylic acids is 1. The van der Waals surface area contributed by atoms with Crippen LogP contribution in [0.3, 0.4) is 0 Å². The third kappa shape index (κ3) is 6.47. The van der Waals surface area contributed by atoms with E-state index in [1.165, 1.54) is 6.07 Å². The Balaban J connectivity index is 0.00000364. The minimum atomic E-state index is -0.587. The number of halogens is 2. The Kier molecular flexibility index (Phi) is 9.20. The number of nitrogens with zero attached hydrogens (tertiary/aromatic N) is 3. The summed E-state index contributed by atoms with van der Waals surface area (Å²) in [7, 11) is 1.63. The highest BCUT2D eigenvalue weighted by molar-refractivity contribution is 14.0. The van der Waals surface area contributed by atoms with Gasteiger partial charge >= 0.3 is 0 Å². The Morgan fingerprint density at radius 3 is 2.85 bits per heavy atom. The molecule has 2 heterocycles. The molecular formula is C18H30FIN6O. The maximum atomic E-state index is 13.9. The molecular weight excluding hydrogens is 462 g/mol. The van der Waals surface area contributed by atoms with Gasteiger partial charge < -0.3 is 20.9 Å². The first-order valence-electron chi connectivity index (χ1n) is 9.00. The van der Waals surface area contributed by atoms with Crippen molar-refractivity contribution >= 4 is 41.7 Å². The minimum absolute atomic E-state index is 0. The standard InChI is InChI=1S/C18H29FN6O.HI/c1-5-21-17(23-12-18(2,3)16(26)20-4)24-13-8-10-25(11-13)15-14(19)7-6-9-22-15;/h6-7,9,13H,5,8,10-12H2,1-4H3,(H,20,26)(H2,21,23,24);1H. The molecule has 0 spiro atoms. The number of carbonyl (C=O) groups is 1. The van der Waals surface area contributed by atoms with Gasteiger partial charge in [0.15, 0.2) is 17.6 Å². The Bertz CT molecular complexity index is 654. The number of amides is 1.